The maximum atomic E-state index is 9.01. The number of nitrogens with one attached hydrogen (secondary N) is 2. The highest BCUT2D eigenvalue weighted by Crippen LogP contribution is 2.02. The van der Waals surface area contributed by atoms with Crippen molar-refractivity contribution in [3.8, 4) is 0 Å². The van der Waals surface area contributed by atoms with Crippen molar-refractivity contribution in [2.45, 2.75) is 20.0 Å². The Labute approximate surface area is 90.7 Å². The SMILES string of the molecule is Cc1cccc(NCCNCC(C)O)n1. The first-order chi connectivity index (χ1) is 7.18. The first-order valence-corrected chi connectivity index (χ1v) is 5.25. The minimum atomic E-state index is -0.290. The number of aliphatic hydroxyl groups is 1. The second-order valence-corrected chi connectivity index (χ2v) is 3.64. The average Bonchev–Trinajstić information content (AvgIpc) is 2.17. The van der Waals surface area contributed by atoms with Crippen molar-refractivity contribution in [1.82, 2.24) is 10.3 Å². The van der Waals surface area contributed by atoms with Gasteiger partial charge in [0.05, 0.1) is 6.10 Å². The minimum absolute atomic E-state index is 0.290. The van der Waals surface area contributed by atoms with Gasteiger partial charge in [-0.1, -0.05) is 6.07 Å². The lowest BCUT2D eigenvalue weighted by atomic mass is 10.3. The van der Waals surface area contributed by atoms with E-state index in [0.29, 0.717) is 6.54 Å². The van der Waals surface area contributed by atoms with E-state index < -0.39 is 0 Å². The van der Waals surface area contributed by atoms with Crippen LogP contribution in [0.2, 0.25) is 0 Å². The number of pyridine rings is 1. The highest BCUT2D eigenvalue weighted by atomic mass is 16.3. The van der Waals surface area contributed by atoms with Crippen LogP contribution < -0.4 is 10.6 Å². The summed E-state index contributed by atoms with van der Waals surface area (Å²) in [5, 5.41) is 15.3. The second kappa shape index (κ2) is 6.37. The van der Waals surface area contributed by atoms with Gasteiger partial charge in [-0.25, -0.2) is 4.98 Å². The minimum Gasteiger partial charge on any atom is -0.392 e. The Morgan fingerprint density at radius 2 is 2.20 bits per heavy atom. The number of aryl methyl sites for hydroxylation is 1. The Morgan fingerprint density at radius 1 is 1.40 bits per heavy atom. The number of anilines is 1. The summed E-state index contributed by atoms with van der Waals surface area (Å²) < 4.78 is 0. The van der Waals surface area contributed by atoms with E-state index in [1.165, 1.54) is 0 Å². The second-order valence-electron chi connectivity index (χ2n) is 3.64. The summed E-state index contributed by atoms with van der Waals surface area (Å²) >= 11 is 0. The summed E-state index contributed by atoms with van der Waals surface area (Å²) in [6, 6.07) is 5.90. The number of rotatable bonds is 6. The summed E-state index contributed by atoms with van der Waals surface area (Å²) in [5.41, 5.74) is 1.01. The van der Waals surface area contributed by atoms with Crippen LogP contribution >= 0.6 is 0 Å². The van der Waals surface area contributed by atoms with E-state index in [1.54, 1.807) is 6.92 Å². The van der Waals surface area contributed by atoms with Gasteiger partial charge >= 0.3 is 0 Å². The highest BCUT2D eigenvalue weighted by Gasteiger charge is 1.95. The molecule has 4 nitrogen and oxygen atoms in total. The van der Waals surface area contributed by atoms with E-state index in [2.05, 4.69) is 15.6 Å². The van der Waals surface area contributed by atoms with Crippen LogP contribution in [0.4, 0.5) is 5.82 Å². The van der Waals surface area contributed by atoms with Crippen LogP contribution in [-0.2, 0) is 0 Å². The number of nitrogens with zero attached hydrogens (tertiary/aromatic N) is 1. The van der Waals surface area contributed by atoms with Crippen LogP contribution in [0.15, 0.2) is 18.2 Å². The van der Waals surface area contributed by atoms with E-state index in [9.17, 15) is 0 Å². The molecule has 0 aliphatic carbocycles. The molecule has 0 saturated heterocycles. The molecule has 0 fully saturated rings. The molecule has 1 heterocycles. The molecule has 4 heteroatoms. The largest absolute Gasteiger partial charge is 0.392 e. The lowest BCUT2D eigenvalue weighted by molar-refractivity contribution is 0.192. The van der Waals surface area contributed by atoms with Crippen LogP contribution in [0.3, 0.4) is 0 Å². The van der Waals surface area contributed by atoms with Crippen LogP contribution in [-0.4, -0.2) is 35.8 Å². The molecule has 0 aliphatic rings. The van der Waals surface area contributed by atoms with Crippen LogP contribution in [0.25, 0.3) is 0 Å². The zero-order valence-electron chi connectivity index (χ0n) is 9.33. The van der Waals surface area contributed by atoms with Crippen molar-refractivity contribution in [1.29, 1.82) is 0 Å². The van der Waals surface area contributed by atoms with Crippen molar-refractivity contribution >= 4 is 5.82 Å². The predicted octanol–water partition coefficient (Wildman–Crippen LogP) is 0.772. The highest BCUT2D eigenvalue weighted by molar-refractivity contribution is 5.34. The fourth-order valence-corrected chi connectivity index (χ4v) is 1.23. The topological polar surface area (TPSA) is 57.2 Å². The fourth-order valence-electron chi connectivity index (χ4n) is 1.23. The van der Waals surface area contributed by atoms with Gasteiger partial charge in [-0.3, -0.25) is 0 Å². The van der Waals surface area contributed by atoms with Crippen LogP contribution in [0, 0.1) is 6.92 Å². The molecule has 1 aromatic heterocycles. The lowest BCUT2D eigenvalue weighted by Crippen LogP contribution is -2.29. The Kier molecular flexibility index (Phi) is 5.07. The molecule has 1 unspecified atom stereocenters. The average molecular weight is 209 g/mol. The summed E-state index contributed by atoms with van der Waals surface area (Å²) in [7, 11) is 0. The molecule has 3 N–H and O–H groups in total. The maximum Gasteiger partial charge on any atom is 0.126 e. The third-order valence-corrected chi connectivity index (χ3v) is 1.94. The summed E-state index contributed by atoms with van der Waals surface area (Å²) in [4.78, 5) is 4.32. The van der Waals surface area contributed by atoms with Crippen molar-refractivity contribution < 1.29 is 5.11 Å². The standard InChI is InChI=1S/C11H19N3O/c1-9-4-3-5-11(14-9)13-7-6-12-8-10(2)15/h3-5,10,12,15H,6-8H2,1-2H3,(H,13,14). The summed E-state index contributed by atoms with van der Waals surface area (Å²) in [5.74, 6) is 0.897. The fraction of sp³-hybridized carbons (Fsp3) is 0.545. The van der Waals surface area contributed by atoms with E-state index >= 15 is 0 Å². The first-order valence-electron chi connectivity index (χ1n) is 5.25. The molecule has 1 atom stereocenters. The Morgan fingerprint density at radius 3 is 2.87 bits per heavy atom. The summed E-state index contributed by atoms with van der Waals surface area (Å²) in [6.07, 6.45) is -0.290. The normalized spacial score (nSPS) is 12.5. The van der Waals surface area contributed by atoms with Gasteiger partial charge in [0.15, 0.2) is 0 Å². The van der Waals surface area contributed by atoms with Crippen molar-refractivity contribution in [3.63, 3.8) is 0 Å². The Hall–Kier alpha value is -1.13. The number of hydrogen-bond donors (Lipinski definition) is 3. The summed E-state index contributed by atoms with van der Waals surface area (Å²) in [6.45, 7) is 5.99. The molecule has 0 amide bonds. The van der Waals surface area contributed by atoms with Crippen LogP contribution in [0.5, 0.6) is 0 Å². The molecule has 0 saturated carbocycles. The third kappa shape index (κ3) is 5.34. The van der Waals surface area contributed by atoms with Crippen molar-refractivity contribution in [3.05, 3.63) is 23.9 Å². The molecule has 0 aromatic carbocycles. The van der Waals surface area contributed by atoms with Crippen molar-refractivity contribution in [2.75, 3.05) is 25.0 Å². The molecule has 1 rings (SSSR count). The van der Waals surface area contributed by atoms with E-state index in [1.807, 2.05) is 25.1 Å². The van der Waals surface area contributed by atoms with Gasteiger partial charge in [-0.05, 0) is 26.0 Å². The molecular formula is C11H19N3O. The number of hydrogen-bond acceptors (Lipinski definition) is 4. The van der Waals surface area contributed by atoms with Crippen LogP contribution in [0.1, 0.15) is 12.6 Å². The molecule has 0 radical (unpaired) electrons. The monoisotopic (exact) mass is 209 g/mol. The quantitative estimate of drug-likeness (QED) is 0.606. The third-order valence-electron chi connectivity index (χ3n) is 1.94. The van der Waals surface area contributed by atoms with Gasteiger partial charge < -0.3 is 15.7 Å². The van der Waals surface area contributed by atoms with Gasteiger partial charge in [0.1, 0.15) is 5.82 Å². The van der Waals surface area contributed by atoms with Gasteiger partial charge in [-0.15, -0.1) is 0 Å². The predicted molar refractivity (Wildman–Crippen MR) is 62.0 cm³/mol. The number of aliphatic hydroxyl groups excluding tert-OH is 1. The zero-order valence-corrected chi connectivity index (χ0v) is 9.33. The van der Waals surface area contributed by atoms with Crippen molar-refractivity contribution in [2.24, 2.45) is 0 Å². The van der Waals surface area contributed by atoms with E-state index in [4.69, 9.17) is 5.11 Å². The molecule has 0 bridgehead atoms. The maximum absolute atomic E-state index is 9.01. The molecule has 1 aromatic rings. The first kappa shape index (κ1) is 11.9. The molecule has 84 valence electrons. The molecule has 15 heavy (non-hydrogen) atoms. The Bertz CT molecular complexity index is 289. The van der Waals surface area contributed by atoms with E-state index in [-0.39, 0.29) is 6.10 Å². The lowest BCUT2D eigenvalue weighted by Gasteiger charge is -2.08. The molecular weight excluding hydrogens is 190 g/mol. The zero-order chi connectivity index (χ0) is 11.1. The van der Waals surface area contributed by atoms with Gasteiger partial charge in [-0.2, -0.15) is 0 Å². The van der Waals surface area contributed by atoms with Gasteiger partial charge in [0.25, 0.3) is 0 Å². The van der Waals surface area contributed by atoms with Gasteiger partial charge in [0.2, 0.25) is 0 Å². The molecule has 0 aliphatic heterocycles. The van der Waals surface area contributed by atoms with Gasteiger partial charge in [0, 0.05) is 25.3 Å². The van der Waals surface area contributed by atoms with E-state index in [0.717, 1.165) is 24.6 Å². The number of aromatic nitrogens is 1. The Balaban J connectivity index is 2.15. The molecule has 0 spiro atoms. The smallest absolute Gasteiger partial charge is 0.126 e.